The number of aliphatic hydroxyl groups excluding tert-OH is 1. The molecule has 0 heterocycles. The lowest BCUT2D eigenvalue weighted by Crippen LogP contribution is -2.33. The first kappa shape index (κ1) is 12.0. The zero-order valence-electron chi connectivity index (χ0n) is 9.47. The normalized spacial score (nSPS) is 20.1. The minimum absolute atomic E-state index is 0.123. The Labute approximate surface area is 88.1 Å². The van der Waals surface area contributed by atoms with E-state index in [1.807, 2.05) is 0 Å². The molecular formula is C12H25NO. The van der Waals surface area contributed by atoms with Crippen molar-refractivity contribution in [2.75, 3.05) is 6.54 Å². The monoisotopic (exact) mass is 199 g/mol. The van der Waals surface area contributed by atoms with Gasteiger partial charge in [-0.1, -0.05) is 39.0 Å². The molecule has 1 aliphatic carbocycles. The van der Waals surface area contributed by atoms with Crippen LogP contribution in [-0.2, 0) is 0 Å². The molecule has 1 rings (SSSR count). The maximum Gasteiger partial charge on any atom is 0.0664 e. The lowest BCUT2D eigenvalue weighted by Gasteiger charge is -2.15. The second-order valence-electron chi connectivity index (χ2n) is 4.54. The van der Waals surface area contributed by atoms with Crippen LogP contribution < -0.4 is 5.32 Å². The molecule has 0 aliphatic heterocycles. The van der Waals surface area contributed by atoms with Crippen molar-refractivity contribution in [2.45, 2.75) is 70.4 Å². The Balaban J connectivity index is 1.93. The Morgan fingerprint density at radius 1 is 1.29 bits per heavy atom. The Hall–Kier alpha value is -0.0800. The van der Waals surface area contributed by atoms with Crippen LogP contribution in [0.2, 0.25) is 0 Å². The van der Waals surface area contributed by atoms with Crippen molar-refractivity contribution in [1.82, 2.24) is 5.32 Å². The molecule has 14 heavy (non-hydrogen) atoms. The minimum atomic E-state index is -0.123. The highest BCUT2D eigenvalue weighted by atomic mass is 16.3. The second-order valence-corrected chi connectivity index (χ2v) is 4.54. The third-order valence-corrected chi connectivity index (χ3v) is 3.14. The first-order chi connectivity index (χ1) is 6.83. The van der Waals surface area contributed by atoms with E-state index in [4.69, 9.17) is 0 Å². The molecule has 0 amide bonds. The van der Waals surface area contributed by atoms with Gasteiger partial charge in [-0.25, -0.2) is 0 Å². The number of nitrogens with one attached hydrogen (secondary N) is 1. The predicted molar refractivity (Wildman–Crippen MR) is 60.4 cm³/mol. The summed E-state index contributed by atoms with van der Waals surface area (Å²) in [7, 11) is 0. The molecule has 2 N–H and O–H groups in total. The molecule has 2 nitrogen and oxygen atoms in total. The zero-order chi connectivity index (χ0) is 10.2. The van der Waals surface area contributed by atoms with Gasteiger partial charge in [-0.3, -0.25) is 0 Å². The van der Waals surface area contributed by atoms with Crippen LogP contribution in [0.25, 0.3) is 0 Å². The summed E-state index contributed by atoms with van der Waals surface area (Å²) in [5.41, 5.74) is 0. The van der Waals surface area contributed by atoms with E-state index in [9.17, 15) is 5.11 Å². The lowest BCUT2D eigenvalue weighted by atomic mass is 10.1. The Morgan fingerprint density at radius 3 is 2.64 bits per heavy atom. The molecule has 0 aromatic carbocycles. The van der Waals surface area contributed by atoms with E-state index in [1.54, 1.807) is 0 Å². The number of unbranched alkanes of at least 4 members (excludes halogenated alkanes) is 2. The topological polar surface area (TPSA) is 32.3 Å². The predicted octanol–water partition coefficient (Wildman–Crippen LogP) is 2.46. The van der Waals surface area contributed by atoms with Gasteiger partial charge in [0.1, 0.15) is 0 Å². The van der Waals surface area contributed by atoms with Gasteiger partial charge in [0, 0.05) is 12.6 Å². The van der Waals surface area contributed by atoms with Crippen LogP contribution in [0.5, 0.6) is 0 Å². The highest BCUT2D eigenvalue weighted by Gasteiger charge is 2.15. The average molecular weight is 199 g/mol. The summed E-state index contributed by atoms with van der Waals surface area (Å²) < 4.78 is 0. The molecule has 1 aliphatic rings. The number of rotatable bonds is 7. The summed E-state index contributed by atoms with van der Waals surface area (Å²) in [6, 6.07) is 0.691. The third kappa shape index (κ3) is 4.97. The smallest absolute Gasteiger partial charge is 0.0664 e. The van der Waals surface area contributed by atoms with Crippen molar-refractivity contribution in [3.63, 3.8) is 0 Å². The summed E-state index contributed by atoms with van der Waals surface area (Å²) in [4.78, 5) is 0. The van der Waals surface area contributed by atoms with Crippen LogP contribution in [-0.4, -0.2) is 23.8 Å². The van der Waals surface area contributed by atoms with Gasteiger partial charge >= 0.3 is 0 Å². The lowest BCUT2D eigenvalue weighted by molar-refractivity contribution is 0.154. The quantitative estimate of drug-likeness (QED) is 0.617. The van der Waals surface area contributed by atoms with E-state index in [0.717, 1.165) is 13.0 Å². The first-order valence-corrected chi connectivity index (χ1v) is 6.24. The summed E-state index contributed by atoms with van der Waals surface area (Å²) >= 11 is 0. The van der Waals surface area contributed by atoms with Crippen molar-refractivity contribution in [3.05, 3.63) is 0 Å². The molecule has 1 atom stereocenters. The van der Waals surface area contributed by atoms with Crippen LogP contribution in [0.4, 0.5) is 0 Å². The summed E-state index contributed by atoms with van der Waals surface area (Å²) in [6.45, 7) is 3.00. The fourth-order valence-corrected chi connectivity index (χ4v) is 2.16. The second kappa shape index (κ2) is 7.24. The molecule has 0 aromatic heterocycles. The van der Waals surface area contributed by atoms with E-state index >= 15 is 0 Å². The SMILES string of the molecule is CCCCCC(O)CNC1CCCC1. The molecule has 1 unspecified atom stereocenters. The maximum absolute atomic E-state index is 9.67. The fourth-order valence-electron chi connectivity index (χ4n) is 2.16. The van der Waals surface area contributed by atoms with Crippen molar-refractivity contribution in [1.29, 1.82) is 0 Å². The van der Waals surface area contributed by atoms with Gasteiger partial charge in [-0.15, -0.1) is 0 Å². The van der Waals surface area contributed by atoms with E-state index in [1.165, 1.54) is 44.9 Å². The van der Waals surface area contributed by atoms with Gasteiger partial charge in [0.05, 0.1) is 6.10 Å². The number of aliphatic hydroxyl groups is 1. The van der Waals surface area contributed by atoms with Gasteiger partial charge in [-0.2, -0.15) is 0 Å². The molecule has 0 saturated heterocycles. The maximum atomic E-state index is 9.67. The summed E-state index contributed by atoms with van der Waals surface area (Å²) in [5, 5.41) is 13.1. The van der Waals surface area contributed by atoms with Gasteiger partial charge in [-0.05, 0) is 19.3 Å². The molecular weight excluding hydrogens is 174 g/mol. The Kier molecular flexibility index (Phi) is 6.20. The van der Waals surface area contributed by atoms with Crippen molar-refractivity contribution in [2.24, 2.45) is 0 Å². The van der Waals surface area contributed by atoms with Crippen LogP contribution in [0.1, 0.15) is 58.3 Å². The van der Waals surface area contributed by atoms with Gasteiger partial charge in [0.2, 0.25) is 0 Å². The highest BCUT2D eigenvalue weighted by molar-refractivity contribution is 4.74. The molecule has 0 bridgehead atoms. The van der Waals surface area contributed by atoms with Crippen LogP contribution in [0.15, 0.2) is 0 Å². The zero-order valence-corrected chi connectivity index (χ0v) is 9.47. The van der Waals surface area contributed by atoms with E-state index in [2.05, 4.69) is 12.2 Å². The van der Waals surface area contributed by atoms with Crippen LogP contribution >= 0.6 is 0 Å². The van der Waals surface area contributed by atoms with E-state index in [-0.39, 0.29) is 6.10 Å². The highest BCUT2D eigenvalue weighted by Crippen LogP contribution is 2.17. The van der Waals surface area contributed by atoms with Crippen molar-refractivity contribution < 1.29 is 5.11 Å². The largest absolute Gasteiger partial charge is 0.392 e. The Morgan fingerprint density at radius 2 is 2.00 bits per heavy atom. The van der Waals surface area contributed by atoms with E-state index in [0.29, 0.717) is 6.04 Å². The molecule has 1 fully saturated rings. The average Bonchev–Trinajstić information content (AvgIpc) is 2.68. The molecule has 0 aromatic rings. The van der Waals surface area contributed by atoms with Crippen molar-refractivity contribution in [3.8, 4) is 0 Å². The molecule has 0 radical (unpaired) electrons. The fraction of sp³-hybridized carbons (Fsp3) is 1.00. The van der Waals surface area contributed by atoms with E-state index < -0.39 is 0 Å². The van der Waals surface area contributed by atoms with Crippen LogP contribution in [0, 0.1) is 0 Å². The molecule has 84 valence electrons. The summed E-state index contributed by atoms with van der Waals surface area (Å²) in [5.74, 6) is 0. The van der Waals surface area contributed by atoms with Crippen molar-refractivity contribution >= 4 is 0 Å². The number of hydrogen-bond acceptors (Lipinski definition) is 2. The minimum Gasteiger partial charge on any atom is -0.392 e. The standard InChI is InChI=1S/C12H25NO/c1-2-3-4-9-12(14)10-13-11-7-5-6-8-11/h11-14H,2-10H2,1H3. The molecule has 1 saturated carbocycles. The Bertz CT molecular complexity index is 132. The van der Waals surface area contributed by atoms with Crippen LogP contribution in [0.3, 0.4) is 0 Å². The molecule has 0 spiro atoms. The number of hydrogen-bond donors (Lipinski definition) is 2. The van der Waals surface area contributed by atoms with Gasteiger partial charge in [0.15, 0.2) is 0 Å². The molecule has 2 heteroatoms. The van der Waals surface area contributed by atoms with Gasteiger partial charge < -0.3 is 10.4 Å². The van der Waals surface area contributed by atoms with Gasteiger partial charge in [0.25, 0.3) is 0 Å². The third-order valence-electron chi connectivity index (χ3n) is 3.14. The first-order valence-electron chi connectivity index (χ1n) is 6.24. The summed E-state index contributed by atoms with van der Waals surface area (Å²) in [6.07, 6.45) is 9.85.